The van der Waals surface area contributed by atoms with Crippen molar-refractivity contribution < 1.29 is 8.42 Å². The maximum atomic E-state index is 12.7. The van der Waals surface area contributed by atoms with Gasteiger partial charge in [0.25, 0.3) is 0 Å². The van der Waals surface area contributed by atoms with Crippen molar-refractivity contribution in [3.05, 3.63) is 18.5 Å². The van der Waals surface area contributed by atoms with Crippen molar-refractivity contribution in [2.75, 3.05) is 25.5 Å². The lowest BCUT2D eigenvalue weighted by atomic mass is 10.4. The Kier molecular flexibility index (Phi) is 4.42. The van der Waals surface area contributed by atoms with Crippen molar-refractivity contribution in [2.45, 2.75) is 31.1 Å². The van der Waals surface area contributed by atoms with Crippen LogP contribution in [0.25, 0.3) is 0 Å². The van der Waals surface area contributed by atoms with Crippen molar-refractivity contribution >= 4 is 15.7 Å². The Morgan fingerprint density at radius 3 is 2.79 bits per heavy atom. The van der Waals surface area contributed by atoms with Crippen LogP contribution >= 0.6 is 0 Å². The molecular formula is C13H21N3O2S. The van der Waals surface area contributed by atoms with Crippen LogP contribution in [0.15, 0.2) is 23.4 Å². The fraction of sp³-hybridized carbons (Fsp3) is 0.615. The summed E-state index contributed by atoms with van der Waals surface area (Å²) in [6.07, 6.45) is 6.12. The highest BCUT2D eigenvalue weighted by atomic mass is 32.2. The van der Waals surface area contributed by atoms with Gasteiger partial charge in [0.15, 0.2) is 0 Å². The monoisotopic (exact) mass is 283 g/mol. The molecule has 1 aliphatic carbocycles. The number of rotatable bonds is 7. The third kappa shape index (κ3) is 3.25. The van der Waals surface area contributed by atoms with E-state index in [1.54, 1.807) is 23.6 Å². The molecule has 0 unspecified atom stereocenters. The maximum absolute atomic E-state index is 12.7. The number of anilines is 1. The smallest absolute Gasteiger partial charge is 0.246 e. The van der Waals surface area contributed by atoms with Gasteiger partial charge in [-0.2, -0.15) is 4.31 Å². The molecule has 19 heavy (non-hydrogen) atoms. The summed E-state index contributed by atoms with van der Waals surface area (Å²) in [6.45, 7) is 3.20. The molecule has 5 nitrogen and oxygen atoms in total. The summed E-state index contributed by atoms with van der Waals surface area (Å²) in [5.74, 6) is 0.538. The van der Waals surface area contributed by atoms with Gasteiger partial charge in [0.05, 0.1) is 5.69 Å². The lowest BCUT2D eigenvalue weighted by molar-refractivity contribution is 0.395. The first kappa shape index (κ1) is 14.3. The fourth-order valence-corrected chi connectivity index (χ4v) is 3.83. The highest BCUT2D eigenvalue weighted by Crippen LogP contribution is 2.32. The molecule has 6 heteroatoms. The zero-order valence-electron chi connectivity index (χ0n) is 11.5. The first-order valence-corrected chi connectivity index (χ1v) is 8.15. The molecule has 1 aliphatic rings. The molecule has 0 aliphatic heterocycles. The Labute approximate surface area is 115 Å². The maximum Gasteiger partial charge on any atom is 0.246 e. The third-order valence-corrected chi connectivity index (χ3v) is 5.20. The second kappa shape index (κ2) is 5.88. The Morgan fingerprint density at radius 1 is 1.47 bits per heavy atom. The van der Waals surface area contributed by atoms with Gasteiger partial charge in [0.2, 0.25) is 10.0 Å². The van der Waals surface area contributed by atoms with Gasteiger partial charge >= 0.3 is 0 Å². The number of aromatic nitrogens is 1. The summed E-state index contributed by atoms with van der Waals surface area (Å²) in [6, 6.07) is 1.69. The van der Waals surface area contributed by atoms with E-state index in [-0.39, 0.29) is 4.90 Å². The van der Waals surface area contributed by atoms with Crippen molar-refractivity contribution in [2.24, 2.45) is 5.92 Å². The Morgan fingerprint density at radius 2 is 2.21 bits per heavy atom. The van der Waals surface area contributed by atoms with Gasteiger partial charge in [-0.25, -0.2) is 8.42 Å². The largest absolute Gasteiger partial charge is 0.387 e. The predicted octanol–water partition coefficient (Wildman–Crippen LogP) is 1.93. The molecule has 2 rings (SSSR count). The van der Waals surface area contributed by atoms with E-state index in [1.165, 1.54) is 6.20 Å². The number of nitrogens with zero attached hydrogens (tertiary/aromatic N) is 2. The number of nitrogens with one attached hydrogen (secondary N) is 1. The SMILES string of the molecule is CCCN(CC1CC1)S(=O)(=O)c1cnccc1NC. The Balaban J connectivity index is 2.31. The number of hydrogen-bond donors (Lipinski definition) is 1. The van der Waals surface area contributed by atoms with Gasteiger partial charge in [0.1, 0.15) is 4.90 Å². The van der Waals surface area contributed by atoms with Gasteiger partial charge in [-0.05, 0) is 31.2 Å². The van der Waals surface area contributed by atoms with Crippen LogP contribution in [0.1, 0.15) is 26.2 Å². The molecule has 0 saturated heterocycles. The number of sulfonamides is 1. The van der Waals surface area contributed by atoms with Crippen LogP contribution in [0.4, 0.5) is 5.69 Å². The zero-order valence-corrected chi connectivity index (χ0v) is 12.3. The first-order chi connectivity index (χ1) is 9.09. The lowest BCUT2D eigenvalue weighted by Crippen LogP contribution is -2.34. The summed E-state index contributed by atoms with van der Waals surface area (Å²) in [5, 5.41) is 2.92. The van der Waals surface area contributed by atoms with Crippen molar-refractivity contribution in [3.63, 3.8) is 0 Å². The third-order valence-electron chi connectivity index (χ3n) is 3.30. The highest BCUT2D eigenvalue weighted by molar-refractivity contribution is 7.89. The molecule has 0 aromatic carbocycles. The summed E-state index contributed by atoms with van der Waals surface area (Å²) >= 11 is 0. The second-order valence-corrected chi connectivity index (χ2v) is 6.83. The minimum Gasteiger partial charge on any atom is -0.387 e. The molecule has 1 fully saturated rings. The van der Waals surface area contributed by atoms with Crippen molar-refractivity contribution in [1.82, 2.24) is 9.29 Å². The summed E-state index contributed by atoms with van der Waals surface area (Å²) in [4.78, 5) is 4.22. The average Bonchev–Trinajstić information content (AvgIpc) is 3.22. The van der Waals surface area contributed by atoms with E-state index in [0.717, 1.165) is 19.3 Å². The van der Waals surface area contributed by atoms with E-state index >= 15 is 0 Å². The van der Waals surface area contributed by atoms with Crippen LogP contribution in [-0.2, 0) is 10.0 Å². The van der Waals surface area contributed by atoms with Crippen molar-refractivity contribution in [3.8, 4) is 0 Å². The minimum absolute atomic E-state index is 0.270. The molecule has 1 aromatic heterocycles. The van der Waals surface area contributed by atoms with Crippen LogP contribution in [0.2, 0.25) is 0 Å². The van der Waals surface area contributed by atoms with Crippen LogP contribution in [0, 0.1) is 5.92 Å². The van der Waals surface area contributed by atoms with Crippen LogP contribution in [0.3, 0.4) is 0 Å². The molecule has 1 heterocycles. The molecule has 0 atom stereocenters. The normalized spacial score (nSPS) is 15.7. The van der Waals surface area contributed by atoms with Gasteiger partial charge in [-0.3, -0.25) is 4.98 Å². The molecule has 1 N–H and O–H groups in total. The van der Waals surface area contributed by atoms with E-state index in [4.69, 9.17) is 0 Å². The van der Waals surface area contributed by atoms with Gasteiger partial charge in [0, 0.05) is 32.5 Å². The lowest BCUT2D eigenvalue weighted by Gasteiger charge is -2.22. The standard InChI is InChI=1S/C13H21N3O2S/c1-3-8-16(10-11-4-5-11)19(17,18)13-9-15-7-6-12(13)14-2/h6-7,9,11H,3-5,8,10H2,1-2H3,(H,14,15). The molecule has 106 valence electrons. The summed E-state index contributed by atoms with van der Waals surface area (Å²) in [5.41, 5.74) is 0.604. The molecule has 0 bridgehead atoms. The van der Waals surface area contributed by atoms with Crippen LogP contribution < -0.4 is 5.32 Å². The first-order valence-electron chi connectivity index (χ1n) is 6.71. The molecule has 0 amide bonds. The van der Waals surface area contributed by atoms with Gasteiger partial charge < -0.3 is 5.32 Å². The van der Waals surface area contributed by atoms with E-state index in [0.29, 0.717) is 24.7 Å². The molecule has 1 saturated carbocycles. The van der Waals surface area contributed by atoms with Gasteiger partial charge in [-0.15, -0.1) is 0 Å². The number of hydrogen-bond acceptors (Lipinski definition) is 4. The van der Waals surface area contributed by atoms with E-state index in [1.807, 2.05) is 6.92 Å². The minimum atomic E-state index is -3.45. The van der Waals surface area contributed by atoms with Gasteiger partial charge in [-0.1, -0.05) is 6.92 Å². The second-order valence-electron chi connectivity index (χ2n) is 4.93. The Bertz CT molecular complexity index is 526. The molecule has 0 radical (unpaired) electrons. The predicted molar refractivity (Wildman–Crippen MR) is 75.6 cm³/mol. The summed E-state index contributed by atoms with van der Waals surface area (Å²) in [7, 11) is -1.73. The van der Waals surface area contributed by atoms with E-state index in [2.05, 4.69) is 10.3 Å². The highest BCUT2D eigenvalue weighted by Gasteiger charge is 2.32. The average molecular weight is 283 g/mol. The van der Waals surface area contributed by atoms with E-state index in [9.17, 15) is 8.42 Å². The number of pyridine rings is 1. The van der Waals surface area contributed by atoms with E-state index < -0.39 is 10.0 Å². The fourth-order valence-electron chi connectivity index (χ4n) is 2.08. The van der Waals surface area contributed by atoms with Crippen molar-refractivity contribution in [1.29, 1.82) is 0 Å². The molecule has 0 spiro atoms. The molecular weight excluding hydrogens is 262 g/mol. The topological polar surface area (TPSA) is 62.3 Å². The van der Waals surface area contributed by atoms with Crippen LogP contribution in [-0.4, -0.2) is 37.8 Å². The van der Waals surface area contributed by atoms with Crippen LogP contribution in [0.5, 0.6) is 0 Å². The summed E-state index contributed by atoms with van der Waals surface area (Å²) < 4.78 is 27.0. The Hall–Kier alpha value is -1.14. The molecule has 1 aromatic rings. The zero-order chi connectivity index (χ0) is 13.9. The quantitative estimate of drug-likeness (QED) is 0.830.